The van der Waals surface area contributed by atoms with E-state index in [9.17, 15) is 20.1 Å². The van der Waals surface area contributed by atoms with Gasteiger partial charge in [0.25, 0.3) is 5.91 Å². The number of nitrogens with zero attached hydrogens (tertiary/aromatic N) is 3. The van der Waals surface area contributed by atoms with Crippen LogP contribution in [0.5, 0.6) is 0 Å². The molecule has 0 spiro atoms. The van der Waals surface area contributed by atoms with Crippen molar-refractivity contribution in [3.8, 4) is 0 Å². The lowest BCUT2D eigenvalue weighted by Gasteiger charge is -2.18. The molecule has 7 N–H and O–H groups in total. The summed E-state index contributed by atoms with van der Waals surface area (Å²) in [6.45, 7) is -0.490. The maximum Gasteiger partial charge on any atom is 0.252 e. The number of nitrogens with two attached hydrogens (primary N) is 2. The molecule has 1 aliphatic rings. The van der Waals surface area contributed by atoms with Crippen molar-refractivity contribution in [1.29, 1.82) is 0 Å². The molecule has 1 fully saturated rings. The monoisotopic (exact) mass is 341 g/mol. The van der Waals surface area contributed by atoms with Crippen molar-refractivity contribution in [3.05, 3.63) is 11.9 Å². The number of fused-ring (bicyclic) bond motifs is 1. The fourth-order valence-electron chi connectivity index (χ4n) is 2.71. The normalized spacial score (nSPS) is 27.7. The third-order valence-corrected chi connectivity index (χ3v) is 4.24. The van der Waals surface area contributed by atoms with Crippen LogP contribution in [0.4, 0.5) is 5.82 Å². The lowest BCUT2D eigenvalue weighted by atomic mass is 10.1. The number of rotatable bonds is 3. The number of carbonyl (C=O) groups excluding carboxylic acids is 1. The highest BCUT2D eigenvalue weighted by Crippen LogP contribution is 2.38. The second kappa shape index (κ2) is 5.62. The third kappa shape index (κ3) is 2.24. The molecule has 2 aromatic rings. The lowest BCUT2D eigenvalue weighted by Crippen LogP contribution is -2.33. The summed E-state index contributed by atoms with van der Waals surface area (Å²) < 4.78 is 6.75. The fraction of sp³-hybridized carbons (Fsp3) is 0.417. The Morgan fingerprint density at radius 1 is 1.39 bits per heavy atom. The Morgan fingerprint density at radius 2 is 2.09 bits per heavy atom. The molecule has 2 aromatic heterocycles. The second-order valence-electron chi connectivity index (χ2n) is 5.12. The topological polar surface area (TPSA) is 170 Å². The number of carbonyl (C=O) groups is 1. The van der Waals surface area contributed by atoms with Gasteiger partial charge in [0.15, 0.2) is 6.23 Å². The zero-order valence-corrected chi connectivity index (χ0v) is 12.6. The summed E-state index contributed by atoms with van der Waals surface area (Å²) in [5.41, 5.74) is 11.3. The number of nitrogen functional groups attached to an aromatic ring is 1. The van der Waals surface area contributed by atoms with Gasteiger partial charge in [-0.3, -0.25) is 9.36 Å². The van der Waals surface area contributed by atoms with Crippen molar-refractivity contribution in [2.24, 2.45) is 5.73 Å². The van der Waals surface area contributed by atoms with Crippen molar-refractivity contribution in [3.63, 3.8) is 0 Å². The zero-order valence-electron chi connectivity index (χ0n) is 11.7. The maximum atomic E-state index is 11.7. The van der Waals surface area contributed by atoms with E-state index in [0.29, 0.717) is 0 Å². The SMILES string of the molecule is NC(=O)c1c(S)n([C@@H]2O[C@H](CO)[C@@H](O)[C@H]2O)c2ncnc(N)c12. The molecule has 3 heterocycles. The first kappa shape index (κ1) is 16.0. The van der Waals surface area contributed by atoms with E-state index >= 15 is 0 Å². The van der Waals surface area contributed by atoms with Crippen molar-refractivity contribution in [2.75, 3.05) is 12.3 Å². The number of hydrogen-bond donors (Lipinski definition) is 6. The number of anilines is 1. The first-order valence-electron chi connectivity index (χ1n) is 6.64. The molecule has 4 atom stereocenters. The van der Waals surface area contributed by atoms with E-state index in [-0.39, 0.29) is 27.4 Å². The predicted molar refractivity (Wildman–Crippen MR) is 80.7 cm³/mol. The molecule has 0 saturated carbocycles. The molecule has 0 aromatic carbocycles. The van der Waals surface area contributed by atoms with Gasteiger partial charge >= 0.3 is 0 Å². The van der Waals surface area contributed by atoms with Gasteiger partial charge in [-0.1, -0.05) is 0 Å². The van der Waals surface area contributed by atoms with Gasteiger partial charge < -0.3 is 31.5 Å². The molecule has 23 heavy (non-hydrogen) atoms. The number of aliphatic hydroxyl groups excluding tert-OH is 3. The molecule has 0 bridgehead atoms. The summed E-state index contributed by atoms with van der Waals surface area (Å²) in [5, 5.41) is 29.5. The number of aliphatic hydroxyl groups is 3. The second-order valence-corrected chi connectivity index (χ2v) is 5.54. The molecule has 0 radical (unpaired) electrons. The van der Waals surface area contributed by atoms with Gasteiger partial charge in [-0.25, -0.2) is 9.97 Å². The van der Waals surface area contributed by atoms with Crippen molar-refractivity contribution in [1.82, 2.24) is 14.5 Å². The van der Waals surface area contributed by atoms with Crippen LogP contribution in [0.2, 0.25) is 0 Å². The Kier molecular flexibility index (Phi) is 3.90. The van der Waals surface area contributed by atoms with Crippen LogP contribution in [-0.4, -0.2) is 60.7 Å². The molecule has 1 saturated heterocycles. The van der Waals surface area contributed by atoms with E-state index in [1.54, 1.807) is 0 Å². The summed E-state index contributed by atoms with van der Waals surface area (Å²) in [5.74, 6) is -0.781. The number of primary amides is 1. The third-order valence-electron chi connectivity index (χ3n) is 3.80. The minimum Gasteiger partial charge on any atom is -0.394 e. The number of amides is 1. The zero-order chi connectivity index (χ0) is 16.9. The van der Waals surface area contributed by atoms with Crippen molar-refractivity contribution in [2.45, 2.75) is 29.6 Å². The maximum absolute atomic E-state index is 11.7. The van der Waals surface area contributed by atoms with Gasteiger partial charge in [-0.05, 0) is 0 Å². The van der Waals surface area contributed by atoms with E-state index in [2.05, 4.69) is 22.6 Å². The smallest absolute Gasteiger partial charge is 0.252 e. The van der Waals surface area contributed by atoms with E-state index in [4.69, 9.17) is 16.2 Å². The molecule has 10 nitrogen and oxygen atoms in total. The van der Waals surface area contributed by atoms with E-state index in [1.165, 1.54) is 10.9 Å². The summed E-state index contributed by atoms with van der Waals surface area (Å²) >= 11 is 4.26. The van der Waals surface area contributed by atoms with Crippen LogP contribution in [0.25, 0.3) is 11.0 Å². The van der Waals surface area contributed by atoms with Gasteiger partial charge in [0.1, 0.15) is 36.1 Å². The summed E-state index contributed by atoms with van der Waals surface area (Å²) in [6.07, 6.45) is -3.62. The highest BCUT2D eigenvalue weighted by molar-refractivity contribution is 7.80. The summed E-state index contributed by atoms with van der Waals surface area (Å²) in [4.78, 5) is 19.6. The summed E-state index contributed by atoms with van der Waals surface area (Å²) in [7, 11) is 0. The highest BCUT2D eigenvalue weighted by atomic mass is 32.1. The van der Waals surface area contributed by atoms with Crippen LogP contribution >= 0.6 is 12.6 Å². The molecule has 0 unspecified atom stereocenters. The first-order valence-corrected chi connectivity index (χ1v) is 7.08. The molecule has 1 amide bonds. The molecular weight excluding hydrogens is 326 g/mol. The Bertz CT molecular complexity index is 781. The Balaban J connectivity index is 2.25. The predicted octanol–water partition coefficient (Wildman–Crippen LogP) is -1.99. The standard InChI is InChI=1S/C12H15N5O5S/c13-8-4-5(9(14)21)12(23)17(10(4)16-2-15-8)11-7(20)6(19)3(1-18)22-11/h2-3,6-7,11,18-20,23H,1H2,(H2,14,21)(H2,13,15,16)/t3-,6-,7-,11-/m1/s1. The number of hydrogen-bond acceptors (Lipinski definition) is 9. The van der Waals surface area contributed by atoms with Crippen LogP contribution in [0.1, 0.15) is 16.6 Å². The Labute approximate surface area is 135 Å². The van der Waals surface area contributed by atoms with Gasteiger partial charge in [0.05, 0.1) is 22.6 Å². The molecule has 0 aliphatic carbocycles. The van der Waals surface area contributed by atoms with Crippen LogP contribution in [0.15, 0.2) is 11.4 Å². The van der Waals surface area contributed by atoms with Gasteiger partial charge in [-0.2, -0.15) is 0 Å². The minimum absolute atomic E-state index is 0.0147. The van der Waals surface area contributed by atoms with Crippen LogP contribution in [0, 0.1) is 0 Å². The summed E-state index contributed by atoms with van der Waals surface area (Å²) in [6, 6.07) is 0. The molecule has 11 heteroatoms. The van der Waals surface area contributed by atoms with E-state index in [1.807, 2.05) is 0 Å². The Hall–Kier alpha value is -1.92. The van der Waals surface area contributed by atoms with Crippen LogP contribution in [-0.2, 0) is 4.74 Å². The van der Waals surface area contributed by atoms with Crippen molar-refractivity contribution >= 4 is 35.4 Å². The fourth-order valence-corrected chi connectivity index (χ4v) is 3.14. The average Bonchev–Trinajstić information content (AvgIpc) is 2.95. The molecule has 1 aliphatic heterocycles. The molecular formula is C12H15N5O5S. The number of aromatic nitrogens is 3. The number of ether oxygens (including phenoxy) is 1. The Morgan fingerprint density at radius 3 is 2.65 bits per heavy atom. The van der Waals surface area contributed by atoms with Crippen molar-refractivity contribution < 1.29 is 24.9 Å². The van der Waals surface area contributed by atoms with Gasteiger partial charge in [0, 0.05) is 0 Å². The van der Waals surface area contributed by atoms with Crippen LogP contribution < -0.4 is 11.5 Å². The molecule has 3 rings (SSSR count). The quantitative estimate of drug-likeness (QED) is 0.349. The number of thiol groups is 1. The highest BCUT2D eigenvalue weighted by Gasteiger charge is 2.45. The first-order chi connectivity index (χ1) is 10.9. The largest absolute Gasteiger partial charge is 0.394 e. The average molecular weight is 341 g/mol. The van der Waals surface area contributed by atoms with Gasteiger partial charge in [0.2, 0.25) is 0 Å². The van der Waals surface area contributed by atoms with E-state index < -0.39 is 37.1 Å². The molecule has 124 valence electrons. The van der Waals surface area contributed by atoms with Crippen LogP contribution in [0.3, 0.4) is 0 Å². The van der Waals surface area contributed by atoms with Gasteiger partial charge in [-0.15, -0.1) is 12.6 Å². The minimum atomic E-state index is -1.37. The van der Waals surface area contributed by atoms with E-state index in [0.717, 1.165) is 0 Å². The lowest BCUT2D eigenvalue weighted by molar-refractivity contribution is -0.0543.